The van der Waals surface area contributed by atoms with Gasteiger partial charge in [0.05, 0.1) is 27.8 Å². The summed E-state index contributed by atoms with van der Waals surface area (Å²) >= 11 is 6.02. The Kier molecular flexibility index (Phi) is 6.57. The van der Waals surface area contributed by atoms with E-state index in [0.717, 1.165) is 12.1 Å². The second-order valence-electron chi connectivity index (χ2n) is 5.56. The lowest BCUT2D eigenvalue weighted by atomic mass is 10.2. The van der Waals surface area contributed by atoms with Gasteiger partial charge in [-0.3, -0.25) is 9.52 Å². The fourth-order valence-corrected chi connectivity index (χ4v) is 3.48. The molecule has 0 aromatic heterocycles. The number of sulfonamides is 1. The van der Waals surface area contributed by atoms with Crippen molar-refractivity contribution in [1.82, 2.24) is 5.32 Å². The van der Waals surface area contributed by atoms with Gasteiger partial charge in [-0.1, -0.05) is 23.7 Å². The molecule has 1 atom stereocenters. The Morgan fingerprint density at radius 1 is 1.27 bits per heavy atom. The van der Waals surface area contributed by atoms with Crippen molar-refractivity contribution < 1.29 is 22.3 Å². The summed E-state index contributed by atoms with van der Waals surface area (Å²) in [7, 11) is -2.60. The van der Waals surface area contributed by atoms with E-state index in [1.54, 1.807) is 6.92 Å². The molecule has 9 heteroatoms. The first-order chi connectivity index (χ1) is 12.2. The van der Waals surface area contributed by atoms with E-state index in [0.29, 0.717) is 0 Å². The largest absolute Gasteiger partial charge is 0.383 e. The summed E-state index contributed by atoms with van der Waals surface area (Å²) in [5.74, 6) is -1.25. The normalized spacial score (nSPS) is 12.5. The Morgan fingerprint density at radius 2 is 1.96 bits per heavy atom. The minimum Gasteiger partial charge on any atom is -0.383 e. The maximum Gasteiger partial charge on any atom is 0.262 e. The zero-order chi connectivity index (χ0) is 19.3. The molecule has 0 fully saturated rings. The molecule has 6 nitrogen and oxygen atoms in total. The topological polar surface area (TPSA) is 84.5 Å². The molecule has 2 rings (SSSR count). The molecule has 1 amide bonds. The van der Waals surface area contributed by atoms with Crippen molar-refractivity contribution in [2.45, 2.75) is 17.9 Å². The van der Waals surface area contributed by atoms with Crippen LogP contribution >= 0.6 is 11.6 Å². The van der Waals surface area contributed by atoms with Crippen LogP contribution in [0.15, 0.2) is 47.4 Å². The lowest BCUT2D eigenvalue weighted by molar-refractivity contribution is 0.0905. The summed E-state index contributed by atoms with van der Waals surface area (Å²) in [6.07, 6.45) is 0. The predicted octanol–water partition coefficient (Wildman–Crippen LogP) is 3.04. The standard InChI is InChI=1S/C17H18ClFN2O4S/c1-11(10-25-2)20-17(22)13-9-12(7-8-14(13)18)26(23,24)21-16-6-4-3-5-15(16)19/h3-9,11,21H,10H2,1-2H3,(H,20,22)/t11-/m0/s1. The molecular weight excluding hydrogens is 383 g/mol. The number of amides is 1. The molecule has 0 saturated carbocycles. The highest BCUT2D eigenvalue weighted by molar-refractivity contribution is 7.92. The summed E-state index contributed by atoms with van der Waals surface area (Å²) in [6, 6.07) is 8.76. The van der Waals surface area contributed by atoms with Crippen LogP contribution in [0.1, 0.15) is 17.3 Å². The number of nitrogens with one attached hydrogen (secondary N) is 2. The van der Waals surface area contributed by atoms with E-state index in [9.17, 15) is 17.6 Å². The fraction of sp³-hybridized carbons (Fsp3) is 0.235. The highest BCUT2D eigenvalue weighted by Crippen LogP contribution is 2.23. The summed E-state index contributed by atoms with van der Waals surface area (Å²) < 4.78 is 45.8. The van der Waals surface area contributed by atoms with Crippen LogP contribution in [0.2, 0.25) is 5.02 Å². The Hall–Kier alpha value is -2.16. The van der Waals surface area contributed by atoms with E-state index in [1.165, 1.54) is 37.4 Å². The molecule has 0 aliphatic rings. The van der Waals surface area contributed by atoms with Gasteiger partial charge in [0.15, 0.2) is 0 Å². The molecule has 2 N–H and O–H groups in total. The number of anilines is 1. The first kappa shape index (κ1) is 20.2. The number of halogens is 2. The monoisotopic (exact) mass is 400 g/mol. The Morgan fingerprint density at radius 3 is 2.62 bits per heavy atom. The van der Waals surface area contributed by atoms with Crippen LogP contribution in [0, 0.1) is 5.82 Å². The Labute approximate surface area is 156 Å². The molecule has 0 radical (unpaired) electrons. The Bertz CT molecular complexity index is 905. The van der Waals surface area contributed by atoms with Gasteiger partial charge in [-0.25, -0.2) is 12.8 Å². The van der Waals surface area contributed by atoms with Crippen molar-refractivity contribution in [3.05, 3.63) is 58.9 Å². The van der Waals surface area contributed by atoms with Gasteiger partial charge in [0, 0.05) is 13.2 Å². The lowest BCUT2D eigenvalue weighted by Crippen LogP contribution is -2.35. The minimum absolute atomic E-state index is 0.00831. The van der Waals surface area contributed by atoms with Crippen LogP contribution in [0.3, 0.4) is 0 Å². The quantitative estimate of drug-likeness (QED) is 0.748. The molecule has 2 aromatic carbocycles. The SMILES string of the molecule is COC[C@H](C)NC(=O)c1cc(S(=O)(=O)Nc2ccccc2F)ccc1Cl. The molecule has 0 bridgehead atoms. The maximum atomic E-state index is 13.7. The number of methoxy groups -OCH3 is 1. The van der Waals surface area contributed by atoms with Crippen molar-refractivity contribution in [2.75, 3.05) is 18.4 Å². The first-order valence-electron chi connectivity index (χ1n) is 7.61. The van der Waals surface area contributed by atoms with Crippen molar-refractivity contribution in [2.24, 2.45) is 0 Å². The number of carbonyl (C=O) groups excluding carboxylic acids is 1. The van der Waals surface area contributed by atoms with E-state index in [2.05, 4.69) is 10.0 Å². The van der Waals surface area contributed by atoms with Crippen LogP contribution in [0.4, 0.5) is 10.1 Å². The number of benzene rings is 2. The van der Waals surface area contributed by atoms with Gasteiger partial charge in [0.2, 0.25) is 0 Å². The molecule has 26 heavy (non-hydrogen) atoms. The fourth-order valence-electron chi connectivity index (χ4n) is 2.19. The first-order valence-corrected chi connectivity index (χ1v) is 9.47. The molecule has 0 saturated heterocycles. The molecule has 0 unspecified atom stereocenters. The molecule has 2 aromatic rings. The third kappa shape index (κ3) is 4.94. The van der Waals surface area contributed by atoms with Gasteiger partial charge in [0.1, 0.15) is 5.82 Å². The van der Waals surface area contributed by atoms with E-state index in [4.69, 9.17) is 16.3 Å². The van der Waals surface area contributed by atoms with E-state index in [1.807, 2.05) is 0 Å². The van der Waals surface area contributed by atoms with Gasteiger partial charge in [-0.05, 0) is 37.3 Å². The second kappa shape index (κ2) is 8.48. The van der Waals surface area contributed by atoms with Crippen LogP contribution < -0.4 is 10.0 Å². The number of carbonyl (C=O) groups is 1. The summed E-state index contributed by atoms with van der Waals surface area (Å²) in [6.45, 7) is 2.02. The van der Waals surface area contributed by atoms with E-state index in [-0.39, 0.29) is 33.8 Å². The summed E-state index contributed by atoms with van der Waals surface area (Å²) in [5.41, 5.74) is -0.201. The molecular formula is C17H18ClFN2O4S. The highest BCUT2D eigenvalue weighted by Gasteiger charge is 2.20. The third-order valence-electron chi connectivity index (χ3n) is 3.41. The van der Waals surface area contributed by atoms with E-state index >= 15 is 0 Å². The second-order valence-corrected chi connectivity index (χ2v) is 7.65. The zero-order valence-corrected chi connectivity index (χ0v) is 15.7. The predicted molar refractivity (Wildman–Crippen MR) is 97.5 cm³/mol. The highest BCUT2D eigenvalue weighted by atomic mass is 35.5. The number of rotatable bonds is 7. The maximum absolute atomic E-state index is 13.7. The minimum atomic E-state index is -4.10. The number of ether oxygens (including phenoxy) is 1. The number of hydrogen-bond acceptors (Lipinski definition) is 4. The summed E-state index contributed by atoms with van der Waals surface area (Å²) in [4.78, 5) is 12.1. The average Bonchev–Trinajstić information content (AvgIpc) is 2.57. The van der Waals surface area contributed by atoms with Crippen molar-refractivity contribution in [3.63, 3.8) is 0 Å². The van der Waals surface area contributed by atoms with Crippen LogP contribution in [0.25, 0.3) is 0 Å². The molecule has 0 aliphatic heterocycles. The van der Waals surface area contributed by atoms with Crippen molar-refractivity contribution in [3.8, 4) is 0 Å². The molecule has 0 aliphatic carbocycles. The average molecular weight is 401 g/mol. The van der Waals surface area contributed by atoms with Gasteiger partial charge in [-0.2, -0.15) is 0 Å². The lowest BCUT2D eigenvalue weighted by Gasteiger charge is -2.14. The van der Waals surface area contributed by atoms with Crippen LogP contribution in [0.5, 0.6) is 0 Å². The molecule has 140 valence electrons. The van der Waals surface area contributed by atoms with Crippen LogP contribution in [-0.4, -0.2) is 34.1 Å². The number of hydrogen-bond donors (Lipinski definition) is 2. The van der Waals surface area contributed by atoms with Gasteiger partial charge in [-0.15, -0.1) is 0 Å². The van der Waals surface area contributed by atoms with Crippen LogP contribution in [-0.2, 0) is 14.8 Å². The van der Waals surface area contributed by atoms with Gasteiger partial charge in [0.25, 0.3) is 15.9 Å². The molecule has 0 spiro atoms. The Balaban J connectivity index is 2.30. The van der Waals surface area contributed by atoms with Gasteiger partial charge >= 0.3 is 0 Å². The zero-order valence-electron chi connectivity index (χ0n) is 14.1. The molecule has 0 heterocycles. The number of para-hydroxylation sites is 1. The smallest absolute Gasteiger partial charge is 0.262 e. The third-order valence-corrected chi connectivity index (χ3v) is 5.10. The van der Waals surface area contributed by atoms with Crippen molar-refractivity contribution >= 4 is 33.2 Å². The van der Waals surface area contributed by atoms with E-state index < -0.39 is 21.7 Å². The van der Waals surface area contributed by atoms with Gasteiger partial charge < -0.3 is 10.1 Å². The summed E-state index contributed by atoms with van der Waals surface area (Å²) in [5, 5.41) is 2.75. The van der Waals surface area contributed by atoms with Crippen molar-refractivity contribution in [1.29, 1.82) is 0 Å².